The predicted octanol–water partition coefficient (Wildman–Crippen LogP) is 7.41. The molecule has 27 heavy (non-hydrogen) atoms. The standard InChI is InChI=1S/C24H18Br2O/c1-24(2)19-9-5-3-7-16(19)18-14-22(26)15(13-20(18)24)11-12-23(27)17-8-4-6-10-21(17)25/h3-14H,1-2H3/b12-11+. The summed E-state index contributed by atoms with van der Waals surface area (Å²) in [6, 6.07) is 20.4. The lowest BCUT2D eigenvalue weighted by molar-refractivity contribution is 0.104. The summed E-state index contributed by atoms with van der Waals surface area (Å²) in [5, 5.41) is 0. The van der Waals surface area contributed by atoms with Crippen molar-refractivity contribution in [2.45, 2.75) is 19.3 Å². The molecule has 0 saturated carbocycles. The first kappa shape index (κ1) is 18.4. The van der Waals surface area contributed by atoms with Crippen LogP contribution in [-0.2, 0) is 5.41 Å². The van der Waals surface area contributed by atoms with Crippen molar-refractivity contribution in [3.63, 3.8) is 0 Å². The average Bonchev–Trinajstić information content (AvgIpc) is 2.87. The van der Waals surface area contributed by atoms with Crippen molar-refractivity contribution in [3.05, 3.63) is 97.9 Å². The molecular formula is C24H18Br2O. The van der Waals surface area contributed by atoms with Gasteiger partial charge in [-0.2, -0.15) is 0 Å². The molecule has 0 aromatic heterocycles. The summed E-state index contributed by atoms with van der Waals surface area (Å²) in [5.41, 5.74) is 6.81. The van der Waals surface area contributed by atoms with E-state index in [-0.39, 0.29) is 11.2 Å². The van der Waals surface area contributed by atoms with Gasteiger partial charge in [-0.15, -0.1) is 0 Å². The third-order valence-electron chi connectivity index (χ3n) is 5.25. The number of rotatable bonds is 3. The highest BCUT2D eigenvalue weighted by atomic mass is 79.9. The molecule has 3 aromatic rings. The SMILES string of the molecule is CC1(C)c2ccccc2-c2cc(Br)c(/C=C/C(=O)c3ccccc3Br)cc21. The maximum absolute atomic E-state index is 12.6. The van der Waals surface area contributed by atoms with E-state index in [2.05, 4.69) is 82.1 Å². The van der Waals surface area contributed by atoms with E-state index < -0.39 is 0 Å². The van der Waals surface area contributed by atoms with E-state index >= 15 is 0 Å². The first-order valence-electron chi connectivity index (χ1n) is 8.80. The molecule has 0 fully saturated rings. The lowest BCUT2D eigenvalue weighted by Gasteiger charge is -2.21. The van der Waals surface area contributed by atoms with Gasteiger partial charge >= 0.3 is 0 Å². The summed E-state index contributed by atoms with van der Waals surface area (Å²) in [5.74, 6) is -0.0163. The number of carbonyl (C=O) groups is 1. The molecule has 1 aliphatic rings. The van der Waals surface area contributed by atoms with Gasteiger partial charge in [-0.25, -0.2) is 0 Å². The molecule has 0 aliphatic heterocycles. The number of hydrogen-bond donors (Lipinski definition) is 0. The van der Waals surface area contributed by atoms with Gasteiger partial charge in [-0.1, -0.05) is 82.1 Å². The number of allylic oxidation sites excluding steroid dienone is 1. The smallest absolute Gasteiger partial charge is 0.186 e. The summed E-state index contributed by atoms with van der Waals surface area (Å²) in [4.78, 5) is 12.6. The maximum atomic E-state index is 12.6. The molecule has 4 rings (SSSR count). The van der Waals surface area contributed by atoms with Crippen LogP contribution in [0.1, 0.15) is 40.9 Å². The molecule has 0 bridgehead atoms. The fourth-order valence-electron chi connectivity index (χ4n) is 3.78. The van der Waals surface area contributed by atoms with E-state index in [0.717, 1.165) is 14.5 Å². The molecule has 134 valence electrons. The van der Waals surface area contributed by atoms with Crippen molar-refractivity contribution in [2.24, 2.45) is 0 Å². The van der Waals surface area contributed by atoms with Gasteiger partial charge < -0.3 is 0 Å². The summed E-state index contributed by atoms with van der Waals surface area (Å²) in [6.07, 6.45) is 3.53. The highest BCUT2D eigenvalue weighted by molar-refractivity contribution is 9.10. The largest absolute Gasteiger partial charge is 0.289 e. The third-order valence-corrected chi connectivity index (χ3v) is 6.63. The molecule has 0 heterocycles. The van der Waals surface area contributed by atoms with Crippen LogP contribution in [0.5, 0.6) is 0 Å². The van der Waals surface area contributed by atoms with E-state index in [1.165, 1.54) is 22.3 Å². The van der Waals surface area contributed by atoms with E-state index in [1.54, 1.807) is 6.08 Å². The second kappa shape index (κ2) is 6.88. The molecule has 0 unspecified atom stereocenters. The fourth-order valence-corrected chi connectivity index (χ4v) is 4.74. The number of benzene rings is 3. The van der Waals surface area contributed by atoms with Crippen LogP contribution in [0.2, 0.25) is 0 Å². The third kappa shape index (κ3) is 3.13. The average molecular weight is 482 g/mol. The zero-order chi connectivity index (χ0) is 19.2. The molecule has 0 amide bonds. The number of halogens is 2. The lowest BCUT2D eigenvalue weighted by atomic mass is 9.82. The van der Waals surface area contributed by atoms with E-state index in [1.807, 2.05) is 30.3 Å². The van der Waals surface area contributed by atoms with Gasteiger partial charge in [-0.05, 0) is 64.2 Å². The molecule has 3 heteroatoms. The Morgan fingerprint density at radius 1 is 0.852 bits per heavy atom. The quantitative estimate of drug-likeness (QED) is 0.281. The van der Waals surface area contributed by atoms with E-state index in [0.29, 0.717) is 5.56 Å². The Hall–Kier alpha value is -1.97. The summed E-state index contributed by atoms with van der Waals surface area (Å²) >= 11 is 7.13. The highest BCUT2D eigenvalue weighted by Crippen LogP contribution is 2.49. The van der Waals surface area contributed by atoms with Crippen molar-refractivity contribution in [1.82, 2.24) is 0 Å². The zero-order valence-electron chi connectivity index (χ0n) is 15.1. The Labute approximate surface area is 176 Å². The number of fused-ring (bicyclic) bond motifs is 3. The molecule has 0 atom stereocenters. The Bertz CT molecular complexity index is 1090. The van der Waals surface area contributed by atoms with Crippen LogP contribution < -0.4 is 0 Å². The van der Waals surface area contributed by atoms with E-state index in [9.17, 15) is 4.79 Å². The van der Waals surface area contributed by atoms with Crippen LogP contribution in [0.3, 0.4) is 0 Å². The summed E-state index contributed by atoms with van der Waals surface area (Å²) in [6.45, 7) is 4.51. The summed E-state index contributed by atoms with van der Waals surface area (Å²) in [7, 11) is 0. The Morgan fingerprint density at radius 2 is 1.56 bits per heavy atom. The minimum Gasteiger partial charge on any atom is -0.289 e. The molecule has 3 aromatic carbocycles. The number of ketones is 1. The first-order chi connectivity index (χ1) is 12.9. The van der Waals surface area contributed by atoms with Gasteiger partial charge in [0, 0.05) is 19.9 Å². The van der Waals surface area contributed by atoms with Crippen molar-refractivity contribution in [2.75, 3.05) is 0 Å². The molecule has 1 aliphatic carbocycles. The van der Waals surface area contributed by atoms with Crippen LogP contribution >= 0.6 is 31.9 Å². The van der Waals surface area contributed by atoms with E-state index in [4.69, 9.17) is 0 Å². The number of hydrogen-bond acceptors (Lipinski definition) is 1. The fraction of sp³-hybridized carbons (Fsp3) is 0.125. The monoisotopic (exact) mass is 480 g/mol. The first-order valence-corrected chi connectivity index (χ1v) is 10.4. The minimum absolute atomic E-state index is 0.0163. The van der Waals surface area contributed by atoms with Crippen molar-refractivity contribution in [3.8, 4) is 11.1 Å². The van der Waals surface area contributed by atoms with Gasteiger partial charge in [0.05, 0.1) is 0 Å². The van der Waals surface area contributed by atoms with Gasteiger partial charge in [0.25, 0.3) is 0 Å². The Morgan fingerprint density at radius 3 is 2.33 bits per heavy atom. The maximum Gasteiger partial charge on any atom is 0.186 e. The minimum atomic E-state index is -0.0539. The lowest BCUT2D eigenvalue weighted by Crippen LogP contribution is -2.15. The molecule has 0 saturated heterocycles. The second-order valence-electron chi connectivity index (χ2n) is 7.27. The zero-order valence-corrected chi connectivity index (χ0v) is 18.3. The Balaban J connectivity index is 1.74. The molecular weight excluding hydrogens is 464 g/mol. The van der Waals surface area contributed by atoms with Crippen molar-refractivity contribution < 1.29 is 4.79 Å². The van der Waals surface area contributed by atoms with Crippen molar-refractivity contribution in [1.29, 1.82) is 0 Å². The molecule has 0 spiro atoms. The van der Waals surface area contributed by atoms with Crippen LogP contribution in [0.15, 0.2) is 75.7 Å². The number of carbonyl (C=O) groups excluding carboxylic acids is 1. The van der Waals surface area contributed by atoms with Gasteiger partial charge in [0.15, 0.2) is 5.78 Å². The topological polar surface area (TPSA) is 17.1 Å². The second-order valence-corrected chi connectivity index (χ2v) is 8.98. The van der Waals surface area contributed by atoms with Crippen LogP contribution in [0.25, 0.3) is 17.2 Å². The van der Waals surface area contributed by atoms with Gasteiger partial charge in [-0.3, -0.25) is 4.79 Å². The highest BCUT2D eigenvalue weighted by Gasteiger charge is 2.35. The summed E-state index contributed by atoms with van der Waals surface area (Å²) < 4.78 is 1.80. The van der Waals surface area contributed by atoms with Crippen LogP contribution in [0, 0.1) is 0 Å². The molecule has 0 N–H and O–H groups in total. The Kier molecular flexibility index (Phi) is 4.69. The normalized spacial score (nSPS) is 14.2. The van der Waals surface area contributed by atoms with Crippen molar-refractivity contribution >= 4 is 43.7 Å². The van der Waals surface area contributed by atoms with Crippen LogP contribution in [-0.4, -0.2) is 5.78 Å². The molecule has 0 radical (unpaired) electrons. The molecule has 1 nitrogen and oxygen atoms in total. The predicted molar refractivity (Wildman–Crippen MR) is 119 cm³/mol. The van der Waals surface area contributed by atoms with Gasteiger partial charge in [0.1, 0.15) is 0 Å². The van der Waals surface area contributed by atoms with Gasteiger partial charge in [0.2, 0.25) is 0 Å². The van der Waals surface area contributed by atoms with Crippen LogP contribution in [0.4, 0.5) is 0 Å².